The highest BCUT2D eigenvalue weighted by Gasteiger charge is 2.12. The largest absolute Gasteiger partial charge is 0.507 e. The van der Waals surface area contributed by atoms with Crippen LogP contribution in [0.5, 0.6) is 5.75 Å². The zero-order valence-corrected chi connectivity index (χ0v) is 11.6. The minimum atomic E-state index is -0.790. The second-order valence-corrected chi connectivity index (χ2v) is 5.02. The van der Waals surface area contributed by atoms with E-state index < -0.39 is 17.5 Å². The van der Waals surface area contributed by atoms with E-state index in [9.17, 15) is 18.7 Å². The highest BCUT2D eigenvalue weighted by atomic mass is 127. The Balaban J connectivity index is 2.28. The summed E-state index contributed by atoms with van der Waals surface area (Å²) < 4.78 is 26.7. The lowest BCUT2D eigenvalue weighted by atomic mass is 10.2. The molecule has 3 nitrogen and oxygen atoms in total. The van der Waals surface area contributed by atoms with Gasteiger partial charge in [0.15, 0.2) is 0 Å². The van der Waals surface area contributed by atoms with Gasteiger partial charge in [-0.25, -0.2) is 8.78 Å². The zero-order valence-electron chi connectivity index (χ0n) is 9.45. The molecule has 0 radical (unpaired) electrons. The Labute approximate surface area is 121 Å². The molecule has 0 unspecified atom stereocenters. The number of nitrogens with one attached hydrogen (secondary N) is 1. The van der Waals surface area contributed by atoms with Gasteiger partial charge in [0, 0.05) is 15.3 Å². The summed E-state index contributed by atoms with van der Waals surface area (Å²) in [4.78, 5) is 11.9. The van der Waals surface area contributed by atoms with Crippen molar-refractivity contribution < 1.29 is 18.7 Å². The maximum absolute atomic E-state index is 13.0. The molecule has 2 aromatic carbocycles. The first kappa shape index (κ1) is 13.7. The van der Waals surface area contributed by atoms with Crippen LogP contribution in [0.3, 0.4) is 0 Å². The maximum atomic E-state index is 13.0. The average Bonchev–Trinajstić information content (AvgIpc) is 2.30. The van der Waals surface area contributed by atoms with Crippen LogP contribution < -0.4 is 5.32 Å². The molecule has 0 spiro atoms. The molecule has 6 heteroatoms. The van der Waals surface area contributed by atoms with Crippen LogP contribution in [0.1, 0.15) is 10.4 Å². The zero-order chi connectivity index (χ0) is 14.0. The quantitative estimate of drug-likeness (QED) is 0.790. The summed E-state index contributed by atoms with van der Waals surface area (Å²) >= 11 is 1.99. The molecule has 2 rings (SSSR count). The van der Waals surface area contributed by atoms with Crippen molar-refractivity contribution in [3.05, 3.63) is 57.2 Å². The van der Waals surface area contributed by atoms with Gasteiger partial charge in [0.05, 0.1) is 5.56 Å². The van der Waals surface area contributed by atoms with Crippen LogP contribution in [-0.2, 0) is 0 Å². The molecule has 0 aliphatic carbocycles. The van der Waals surface area contributed by atoms with Crippen LogP contribution in [0, 0.1) is 15.2 Å². The smallest absolute Gasteiger partial charge is 0.259 e. The molecule has 0 fully saturated rings. The van der Waals surface area contributed by atoms with Crippen molar-refractivity contribution >= 4 is 34.2 Å². The highest BCUT2D eigenvalue weighted by molar-refractivity contribution is 14.1. The summed E-state index contributed by atoms with van der Waals surface area (Å²) in [6, 6.07) is 7.18. The van der Waals surface area contributed by atoms with Crippen molar-refractivity contribution in [3.8, 4) is 5.75 Å². The molecular weight excluding hydrogens is 367 g/mol. The number of carbonyl (C=O) groups excluding carboxylic acids is 1. The summed E-state index contributed by atoms with van der Waals surface area (Å²) in [5.41, 5.74) is 0.0253. The first-order valence-electron chi connectivity index (χ1n) is 5.21. The molecule has 0 atom stereocenters. The first-order valence-corrected chi connectivity index (χ1v) is 6.29. The van der Waals surface area contributed by atoms with Gasteiger partial charge in [-0.05, 0) is 52.9 Å². The van der Waals surface area contributed by atoms with Crippen LogP contribution in [0.2, 0.25) is 0 Å². The van der Waals surface area contributed by atoms with Gasteiger partial charge < -0.3 is 10.4 Å². The van der Waals surface area contributed by atoms with Gasteiger partial charge in [0.25, 0.3) is 5.91 Å². The Morgan fingerprint density at radius 3 is 2.37 bits per heavy atom. The van der Waals surface area contributed by atoms with Gasteiger partial charge in [-0.15, -0.1) is 0 Å². The highest BCUT2D eigenvalue weighted by Crippen LogP contribution is 2.21. The minimum absolute atomic E-state index is 0.0132. The van der Waals surface area contributed by atoms with Gasteiger partial charge >= 0.3 is 0 Å². The third-order valence-electron chi connectivity index (χ3n) is 2.32. The number of benzene rings is 2. The van der Waals surface area contributed by atoms with Crippen molar-refractivity contribution in [1.29, 1.82) is 0 Å². The number of anilines is 1. The summed E-state index contributed by atoms with van der Waals surface area (Å²) in [5, 5.41) is 11.9. The van der Waals surface area contributed by atoms with Crippen molar-refractivity contribution in [2.45, 2.75) is 0 Å². The molecule has 0 aliphatic heterocycles. The Kier molecular flexibility index (Phi) is 3.98. The standard InChI is InChI=1S/C13H8F2INO2/c14-7-3-8(15)5-10(4-7)17-13(19)11-6-9(16)1-2-12(11)18/h1-6,18H,(H,17,19). The van der Waals surface area contributed by atoms with Gasteiger partial charge in [-0.3, -0.25) is 4.79 Å². The topological polar surface area (TPSA) is 49.3 Å². The van der Waals surface area contributed by atoms with Crippen LogP contribution in [0.25, 0.3) is 0 Å². The second-order valence-electron chi connectivity index (χ2n) is 3.77. The lowest BCUT2D eigenvalue weighted by molar-refractivity contribution is 0.102. The summed E-state index contributed by atoms with van der Waals surface area (Å²) in [7, 11) is 0. The Morgan fingerprint density at radius 1 is 1.11 bits per heavy atom. The molecule has 0 saturated heterocycles. The van der Waals surface area contributed by atoms with Crippen LogP contribution in [0.15, 0.2) is 36.4 Å². The Bertz CT molecular complexity index is 626. The van der Waals surface area contributed by atoms with Crippen molar-refractivity contribution in [2.75, 3.05) is 5.32 Å². The first-order chi connectivity index (χ1) is 8.95. The molecule has 0 saturated carbocycles. The van der Waals surface area contributed by atoms with E-state index in [0.717, 1.165) is 15.7 Å². The Hall–Kier alpha value is -1.70. The van der Waals surface area contributed by atoms with E-state index in [1.54, 1.807) is 6.07 Å². The molecule has 0 bridgehead atoms. The predicted octanol–water partition coefficient (Wildman–Crippen LogP) is 3.53. The maximum Gasteiger partial charge on any atom is 0.259 e. The van der Waals surface area contributed by atoms with E-state index >= 15 is 0 Å². The number of phenolic OH excluding ortho intramolecular Hbond substituents is 1. The predicted molar refractivity (Wildman–Crippen MR) is 75.1 cm³/mol. The molecule has 2 N–H and O–H groups in total. The normalized spacial score (nSPS) is 10.3. The van der Waals surface area contributed by atoms with Crippen molar-refractivity contribution in [2.24, 2.45) is 0 Å². The molecule has 0 aliphatic rings. The minimum Gasteiger partial charge on any atom is -0.507 e. The van der Waals surface area contributed by atoms with Crippen LogP contribution >= 0.6 is 22.6 Å². The molecule has 19 heavy (non-hydrogen) atoms. The lowest BCUT2D eigenvalue weighted by Crippen LogP contribution is -2.12. The SMILES string of the molecule is O=C(Nc1cc(F)cc(F)c1)c1cc(I)ccc1O. The number of carbonyl (C=O) groups is 1. The van der Waals surface area contributed by atoms with E-state index in [1.165, 1.54) is 12.1 Å². The molecular formula is C13H8F2INO2. The van der Waals surface area contributed by atoms with E-state index in [-0.39, 0.29) is 17.0 Å². The van der Waals surface area contributed by atoms with E-state index in [2.05, 4.69) is 5.32 Å². The number of halogens is 3. The number of aromatic hydroxyl groups is 1. The third kappa shape index (κ3) is 3.40. The fourth-order valence-electron chi connectivity index (χ4n) is 1.51. The van der Waals surface area contributed by atoms with E-state index in [4.69, 9.17) is 0 Å². The van der Waals surface area contributed by atoms with E-state index in [1.807, 2.05) is 22.6 Å². The molecule has 0 heterocycles. The number of rotatable bonds is 2. The third-order valence-corrected chi connectivity index (χ3v) is 2.99. The van der Waals surface area contributed by atoms with Crippen molar-refractivity contribution in [3.63, 3.8) is 0 Å². The number of amides is 1. The fourth-order valence-corrected chi connectivity index (χ4v) is 2.01. The van der Waals surface area contributed by atoms with Crippen LogP contribution in [0.4, 0.5) is 14.5 Å². The molecule has 1 amide bonds. The number of hydrogen-bond donors (Lipinski definition) is 2. The number of hydrogen-bond acceptors (Lipinski definition) is 2. The summed E-state index contributed by atoms with van der Waals surface area (Å²) in [5.74, 6) is -2.42. The van der Waals surface area contributed by atoms with Gasteiger partial charge in [-0.1, -0.05) is 0 Å². The van der Waals surface area contributed by atoms with E-state index in [0.29, 0.717) is 6.07 Å². The summed E-state index contributed by atoms with van der Waals surface area (Å²) in [6.07, 6.45) is 0. The van der Waals surface area contributed by atoms with Crippen LogP contribution in [-0.4, -0.2) is 11.0 Å². The van der Waals surface area contributed by atoms with Crippen molar-refractivity contribution in [1.82, 2.24) is 0 Å². The summed E-state index contributed by atoms with van der Waals surface area (Å²) in [6.45, 7) is 0. The monoisotopic (exact) mass is 375 g/mol. The molecule has 0 aromatic heterocycles. The van der Waals surface area contributed by atoms with Gasteiger partial charge in [-0.2, -0.15) is 0 Å². The molecule has 2 aromatic rings. The van der Waals surface area contributed by atoms with Gasteiger partial charge in [0.1, 0.15) is 17.4 Å². The average molecular weight is 375 g/mol. The fraction of sp³-hybridized carbons (Fsp3) is 0. The molecule has 98 valence electrons. The van der Waals surface area contributed by atoms with Gasteiger partial charge in [0.2, 0.25) is 0 Å². The number of phenols is 1. The lowest BCUT2D eigenvalue weighted by Gasteiger charge is -2.07. The second kappa shape index (κ2) is 5.52. The Morgan fingerprint density at radius 2 is 1.74 bits per heavy atom.